The summed E-state index contributed by atoms with van der Waals surface area (Å²) >= 11 is 0. The average Bonchev–Trinajstić information content (AvgIpc) is 3.51. The van der Waals surface area contributed by atoms with Gasteiger partial charge < -0.3 is 24.4 Å². The van der Waals surface area contributed by atoms with Crippen LogP contribution in [0.1, 0.15) is 82.1 Å². The van der Waals surface area contributed by atoms with Gasteiger partial charge in [-0.2, -0.15) is 0 Å². The lowest BCUT2D eigenvalue weighted by molar-refractivity contribution is -0.136. The van der Waals surface area contributed by atoms with Crippen molar-refractivity contribution >= 4 is 23.4 Å². The van der Waals surface area contributed by atoms with Crippen LogP contribution in [-0.2, 0) is 16.1 Å². The highest BCUT2D eigenvalue weighted by Crippen LogP contribution is 2.47. The molecule has 0 radical (unpaired) electrons. The molecule has 10 nitrogen and oxygen atoms in total. The van der Waals surface area contributed by atoms with Gasteiger partial charge in [-0.05, 0) is 97.8 Å². The fourth-order valence-electron chi connectivity index (χ4n) is 8.64. The van der Waals surface area contributed by atoms with Crippen molar-refractivity contribution in [2.24, 2.45) is 0 Å². The molecule has 4 aromatic carbocycles. The number of rotatable bonds is 11. The Kier molecular flexibility index (Phi) is 10.3. The summed E-state index contributed by atoms with van der Waals surface area (Å²) in [4.78, 5) is 43.6. The minimum Gasteiger partial charge on any atom is -0.508 e. The molecule has 10 heteroatoms. The predicted molar refractivity (Wildman–Crippen MR) is 206 cm³/mol. The number of phenolic OH excluding ortho intramolecular Hbond substituents is 1. The zero-order valence-corrected chi connectivity index (χ0v) is 30.8. The highest BCUT2D eigenvalue weighted by molar-refractivity contribution is 6.05. The summed E-state index contributed by atoms with van der Waals surface area (Å²) in [7, 11) is 0. The molecule has 4 aliphatic heterocycles. The first kappa shape index (κ1) is 35.7. The molecular formula is C44H48N4O6. The molecule has 0 aromatic heterocycles. The minimum absolute atomic E-state index is 0.100. The van der Waals surface area contributed by atoms with E-state index in [1.165, 1.54) is 16.7 Å². The van der Waals surface area contributed by atoms with Gasteiger partial charge in [-0.1, -0.05) is 42.5 Å². The summed E-state index contributed by atoms with van der Waals surface area (Å²) < 4.78 is 12.3. The number of aryl methyl sites for hydroxylation is 1. The Morgan fingerprint density at radius 3 is 2.48 bits per heavy atom. The molecule has 2 saturated heterocycles. The zero-order valence-electron chi connectivity index (χ0n) is 30.8. The molecule has 280 valence electrons. The second-order valence-electron chi connectivity index (χ2n) is 15.0. The van der Waals surface area contributed by atoms with Crippen molar-refractivity contribution in [3.63, 3.8) is 0 Å². The van der Waals surface area contributed by atoms with Gasteiger partial charge in [-0.15, -0.1) is 0 Å². The quantitative estimate of drug-likeness (QED) is 0.140. The molecule has 0 spiro atoms. The number of carbonyl (C=O) groups is 3. The summed E-state index contributed by atoms with van der Waals surface area (Å²) in [5, 5.41) is 12.5. The maximum atomic E-state index is 13.1. The van der Waals surface area contributed by atoms with Crippen molar-refractivity contribution in [3.05, 3.63) is 118 Å². The van der Waals surface area contributed by atoms with Gasteiger partial charge in [-0.25, -0.2) is 0 Å². The van der Waals surface area contributed by atoms with Crippen LogP contribution < -0.4 is 19.7 Å². The molecule has 3 amide bonds. The van der Waals surface area contributed by atoms with Gasteiger partial charge in [0.15, 0.2) is 0 Å². The van der Waals surface area contributed by atoms with Crippen molar-refractivity contribution in [1.82, 2.24) is 15.1 Å². The Morgan fingerprint density at radius 2 is 1.69 bits per heavy atom. The van der Waals surface area contributed by atoms with Crippen molar-refractivity contribution in [3.8, 4) is 17.2 Å². The number of nitrogens with one attached hydrogen (secondary N) is 1. The number of unbranched alkanes of at least 4 members (excludes halogenated alkanes) is 2. The first-order valence-corrected chi connectivity index (χ1v) is 19.3. The molecule has 0 bridgehead atoms. The van der Waals surface area contributed by atoms with E-state index in [2.05, 4.69) is 76.6 Å². The van der Waals surface area contributed by atoms with E-state index in [1.54, 1.807) is 17.0 Å². The Morgan fingerprint density at radius 1 is 0.870 bits per heavy atom. The molecule has 1 unspecified atom stereocenters. The number of phenols is 1. The van der Waals surface area contributed by atoms with Crippen molar-refractivity contribution < 1.29 is 29.0 Å². The van der Waals surface area contributed by atoms with Gasteiger partial charge in [0.2, 0.25) is 11.8 Å². The Balaban J connectivity index is 0.780. The van der Waals surface area contributed by atoms with E-state index in [0.29, 0.717) is 31.7 Å². The first-order chi connectivity index (χ1) is 26.3. The molecule has 8 rings (SSSR count). The predicted octanol–water partition coefficient (Wildman–Crippen LogP) is 6.14. The zero-order chi connectivity index (χ0) is 37.2. The minimum atomic E-state index is -0.592. The topological polar surface area (TPSA) is 112 Å². The van der Waals surface area contributed by atoms with Crippen LogP contribution in [-0.4, -0.2) is 84.6 Å². The van der Waals surface area contributed by atoms with E-state index < -0.39 is 6.04 Å². The number of hydrogen-bond donors (Lipinski definition) is 2. The van der Waals surface area contributed by atoms with Gasteiger partial charge >= 0.3 is 0 Å². The number of nitrogens with zero attached hydrogens (tertiary/aromatic N) is 3. The van der Waals surface area contributed by atoms with Crippen LogP contribution in [0.3, 0.4) is 0 Å². The molecule has 4 aromatic rings. The number of aromatic hydroxyl groups is 1. The number of hydrogen-bond acceptors (Lipinski definition) is 8. The Bertz CT molecular complexity index is 2020. The first-order valence-electron chi connectivity index (χ1n) is 19.3. The number of ether oxygens (including phenoxy) is 2. The molecule has 2 fully saturated rings. The van der Waals surface area contributed by atoms with Crippen molar-refractivity contribution in [1.29, 1.82) is 0 Å². The van der Waals surface area contributed by atoms with Crippen LogP contribution in [0.2, 0.25) is 0 Å². The lowest BCUT2D eigenvalue weighted by atomic mass is 9.75. The van der Waals surface area contributed by atoms with E-state index in [-0.39, 0.29) is 41.7 Å². The summed E-state index contributed by atoms with van der Waals surface area (Å²) in [5.74, 6) is 1.30. The highest BCUT2D eigenvalue weighted by Gasteiger charge is 2.39. The molecule has 4 heterocycles. The lowest BCUT2D eigenvalue weighted by Gasteiger charge is -2.36. The van der Waals surface area contributed by atoms with Gasteiger partial charge in [0.25, 0.3) is 5.91 Å². The van der Waals surface area contributed by atoms with Crippen LogP contribution in [0.25, 0.3) is 0 Å². The number of amides is 3. The molecule has 0 aliphatic carbocycles. The van der Waals surface area contributed by atoms with E-state index in [0.717, 1.165) is 80.3 Å². The van der Waals surface area contributed by atoms with Crippen LogP contribution in [0.15, 0.2) is 84.9 Å². The largest absolute Gasteiger partial charge is 0.508 e. The van der Waals surface area contributed by atoms with E-state index >= 15 is 0 Å². The summed E-state index contributed by atoms with van der Waals surface area (Å²) in [5.41, 5.74) is 7.53. The summed E-state index contributed by atoms with van der Waals surface area (Å²) in [6, 6.07) is 27.9. The van der Waals surface area contributed by atoms with Gasteiger partial charge in [0, 0.05) is 73.9 Å². The average molecular weight is 729 g/mol. The van der Waals surface area contributed by atoms with Crippen LogP contribution in [0.4, 0.5) is 5.69 Å². The Labute approximate surface area is 316 Å². The van der Waals surface area contributed by atoms with Gasteiger partial charge in [-0.3, -0.25) is 24.6 Å². The number of piperazine rings is 1. The number of imide groups is 1. The molecular weight excluding hydrogens is 681 g/mol. The summed E-state index contributed by atoms with van der Waals surface area (Å²) in [6.45, 7) is 8.68. The second-order valence-corrected chi connectivity index (χ2v) is 15.0. The SMILES string of the molecule is Cc1ccccc1[C@H]1COc2cc(O)ccc2[C@H]1c1ccc(OCCCCCN2CCN(c3ccc4c(c3)CN(C3CCC(=O)NC3=O)C4=O)CC2)cc1. The number of benzene rings is 4. The third-order valence-corrected chi connectivity index (χ3v) is 11.6. The van der Waals surface area contributed by atoms with Crippen LogP contribution in [0.5, 0.6) is 17.2 Å². The van der Waals surface area contributed by atoms with Crippen LogP contribution >= 0.6 is 0 Å². The maximum absolute atomic E-state index is 13.1. The smallest absolute Gasteiger partial charge is 0.255 e. The maximum Gasteiger partial charge on any atom is 0.255 e. The Hall–Kier alpha value is -5.35. The van der Waals surface area contributed by atoms with Crippen molar-refractivity contribution in [2.45, 2.75) is 63.5 Å². The van der Waals surface area contributed by atoms with E-state index in [9.17, 15) is 19.5 Å². The standard InChI is InChI=1S/C44H48N4O6/c1-29-7-3-4-8-35(29)38-28-54-40-26-33(49)12-16-37(40)42(38)30-9-13-34(14-10-30)53-24-6-2-5-19-46-20-22-47(23-21-46)32-11-15-36-31(25-32)27-48(44(36)52)39-17-18-41(50)45-43(39)51/h3-4,7-16,25-26,38-39,42,49H,2,5-6,17-24,27-28H2,1H3,(H,45,50,51)/t38-,39?,42-/m1/s1. The third-order valence-electron chi connectivity index (χ3n) is 11.6. The molecule has 0 saturated carbocycles. The monoisotopic (exact) mass is 728 g/mol. The lowest BCUT2D eigenvalue weighted by Crippen LogP contribution is -2.52. The van der Waals surface area contributed by atoms with Crippen molar-refractivity contribution in [2.75, 3.05) is 50.8 Å². The fraction of sp³-hybridized carbons (Fsp3) is 0.386. The third kappa shape index (κ3) is 7.40. The summed E-state index contributed by atoms with van der Waals surface area (Å²) in [6.07, 6.45) is 3.85. The van der Waals surface area contributed by atoms with Crippen LogP contribution in [0, 0.1) is 6.92 Å². The number of fused-ring (bicyclic) bond motifs is 2. The number of carbonyl (C=O) groups excluding carboxylic acids is 3. The van der Waals surface area contributed by atoms with E-state index in [4.69, 9.17) is 9.47 Å². The highest BCUT2D eigenvalue weighted by atomic mass is 16.5. The normalized spacial score (nSPS) is 21.4. The second kappa shape index (κ2) is 15.6. The number of anilines is 1. The number of piperidine rings is 1. The molecule has 2 N–H and O–H groups in total. The molecule has 3 atom stereocenters. The molecule has 54 heavy (non-hydrogen) atoms. The molecule has 4 aliphatic rings. The van der Waals surface area contributed by atoms with Gasteiger partial charge in [0.05, 0.1) is 13.2 Å². The fourth-order valence-corrected chi connectivity index (χ4v) is 8.64. The van der Waals surface area contributed by atoms with E-state index in [1.807, 2.05) is 18.2 Å². The van der Waals surface area contributed by atoms with Gasteiger partial charge in [0.1, 0.15) is 23.3 Å².